The second-order valence-electron chi connectivity index (χ2n) is 6.69. The highest BCUT2D eigenvalue weighted by atomic mass is 16.2. The average molecular weight is 365 g/mol. The van der Waals surface area contributed by atoms with Gasteiger partial charge in [0.1, 0.15) is 0 Å². The molecule has 1 saturated heterocycles. The second-order valence-corrected chi connectivity index (χ2v) is 6.69. The topological polar surface area (TPSA) is 52.7 Å². The standard InChI is InChI=1S/C22H27N3O2/c1-2-24(18-10-4-3-5-11-18)16-9-15-23-22(27)19-12-6-7-13-20(19)25-17-8-14-21(25)26/h3-7,10-13H,2,8-9,14-17H2,1H3,(H,23,27). The van der Waals surface area contributed by atoms with Crippen LogP contribution in [0.2, 0.25) is 0 Å². The molecule has 0 radical (unpaired) electrons. The van der Waals surface area contributed by atoms with Gasteiger partial charge in [-0.3, -0.25) is 9.59 Å². The van der Waals surface area contributed by atoms with Crippen LogP contribution < -0.4 is 15.1 Å². The summed E-state index contributed by atoms with van der Waals surface area (Å²) in [7, 11) is 0. The highest BCUT2D eigenvalue weighted by molar-refractivity contribution is 6.05. The average Bonchev–Trinajstić information content (AvgIpc) is 3.14. The SMILES string of the molecule is CCN(CCCNC(=O)c1ccccc1N1CCCC1=O)c1ccccc1. The number of anilines is 2. The van der Waals surface area contributed by atoms with Crippen LogP contribution >= 0.6 is 0 Å². The number of rotatable bonds is 8. The Morgan fingerprint density at radius 2 is 1.85 bits per heavy atom. The molecule has 2 aromatic carbocycles. The van der Waals surface area contributed by atoms with Crippen LogP contribution in [-0.2, 0) is 4.79 Å². The molecule has 2 aromatic rings. The Morgan fingerprint density at radius 3 is 2.56 bits per heavy atom. The molecule has 0 unspecified atom stereocenters. The van der Waals surface area contributed by atoms with E-state index < -0.39 is 0 Å². The van der Waals surface area contributed by atoms with E-state index in [-0.39, 0.29) is 11.8 Å². The zero-order valence-electron chi connectivity index (χ0n) is 15.9. The van der Waals surface area contributed by atoms with Crippen molar-refractivity contribution < 1.29 is 9.59 Å². The van der Waals surface area contributed by atoms with E-state index >= 15 is 0 Å². The molecule has 1 heterocycles. The number of carbonyl (C=O) groups is 2. The summed E-state index contributed by atoms with van der Waals surface area (Å²) in [5.41, 5.74) is 2.49. The van der Waals surface area contributed by atoms with Crippen molar-refractivity contribution in [3.05, 3.63) is 60.2 Å². The second kappa shape index (κ2) is 9.21. The van der Waals surface area contributed by atoms with E-state index in [1.165, 1.54) is 5.69 Å². The van der Waals surface area contributed by atoms with Gasteiger partial charge < -0.3 is 15.1 Å². The van der Waals surface area contributed by atoms with Gasteiger partial charge in [0.15, 0.2) is 0 Å². The maximum atomic E-state index is 12.7. The van der Waals surface area contributed by atoms with Gasteiger partial charge in [-0.2, -0.15) is 0 Å². The Labute approximate surface area is 161 Å². The first kappa shape index (κ1) is 19.0. The number of hydrogen-bond donors (Lipinski definition) is 1. The first-order valence-corrected chi connectivity index (χ1v) is 9.68. The van der Waals surface area contributed by atoms with E-state index in [1.54, 1.807) is 11.0 Å². The van der Waals surface area contributed by atoms with Crippen molar-refractivity contribution in [1.29, 1.82) is 0 Å². The molecule has 27 heavy (non-hydrogen) atoms. The fourth-order valence-corrected chi connectivity index (χ4v) is 3.48. The molecule has 0 saturated carbocycles. The Hall–Kier alpha value is -2.82. The number of benzene rings is 2. The lowest BCUT2D eigenvalue weighted by Crippen LogP contribution is -2.32. The van der Waals surface area contributed by atoms with E-state index in [0.29, 0.717) is 25.1 Å². The van der Waals surface area contributed by atoms with Crippen LogP contribution in [-0.4, -0.2) is 38.0 Å². The van der Waals surface area contributed by atoms with Crippen LogP contribution in [0.15, 0.2) is 54.6 Å². The number of amides is 2. The lowest BCUT2D eigenvalue weighted by molar-refractivity contribution is -0.117. The van der Waals surface area contributed by atoms with Crippen molar-refractivity contribution in [2.75, 3.05) is 36.0 Å². The van der Waals surface area contributed by atoms with E-state index in [1.807, 2.05) is 36.4 Å². The fourth-order valence-electron chi connectivity index (χ4n) is 3.48. The van der Waals surface area contributed by atoms with Crippen molar-refractivity contribution in [3.8, 4) is 0 Å². The molecule has 1 N–H and O–H groups in total. The van der Waals surface area contributed by atoms with Crippen molar-refractivity contribution in [2.24, 2.45) is 0 Å². The molecule has 0 spiro atoms. The quantitative estimate of drug-likeness (QED) is 0.729. The largest absolute Gasteiger partial charge is 0.372 e. The highest BCUT2D eigenvalue weighted by Gasteiger charge is 2.25. The van der Waals surface area contributed by atoms with Crippen LogP contribution in [0.1, 0.15) is 36.5 Å². The predicted molar refractivity (Wildman–Crippen MR) is 109 cm³/mol. The van der Waals surface area contributed by atoms with E-state index in [0.717, 1.165) is 31.6 Å². The third kappa shape index (κ3) is 4.67. The molecular weight excluding hydrogens is 338 g/mol. The van der Waals surface area contributed by atoms with E-state index in [9.17, 15) is 9.59 Å². The van der Waals surface area contributed by atoms with Gasteiger partial charge in [0.25, 0.3) is 5.91 Å². The van der Waals surface area contributed by atoms with Gasteiger partial charge >= 0.3 is 0 Å². The molecule has 0 bridgehead atoms. The van der Waals surface area contributed by atoms with Crippen LogP contribution in [0.5, 0.6) is 0 Å². The Bertz CT molecular complexity index is 776. The van der Waals surface area contributed by atoms with Crippen LogP contribution in [0.25, 0.3) is 0 Å². The minimum absolute atomic E-state index is 0.0942. The van der Waals surface area contributed by atoms with Gasteiger partial charge in [-0.15, -0.1) is 0 Å². The van der Waals surface area contributed by atoms with E-state index in [2.05, 4.69) is 29.3 Å². The summed E-state index contributed by atoms with van der Waals surface area (Å²) in [6.07, 6.45) is 2.27. The summed E-state index contributed by atoms with van der Waals surface area (Å²) in [4.78, 5) is 28.7. The molecule has 2 amide bonds. The third-order valence-corrected chi connectivity index (χ3v) is 4.91. The zero-order valence-corrected chi connectivity index (χ0v) is 15.9. The molecule has 1 aliphatic heterocycles. The van der Waals surface area contributed by atoms with Crippen molar-refractivity contribution in [1.82, 2.24) is 5.32 Å². The van der Waals surface area contributed by atoms with Gasteiger partial charge in [-0.25, -0.2) is 0 Å². The Balaban J connectivity index is 1.55. The summed E-state index contributed by atoms with van der Waals surface area (Å²) in [6, 6.07) is 17.7. The number of nitrogens with zero attached hydrogens (tertiary/aromatic N) is 2. The summed E-state index contributed by atoms with van der Waals surface area (Å²) >= 11 is 0. The molecule has 1 fully saturated rings. The van der Waals surface area contributed by atoms with Crippen LogP contribution in [0.4, 0.5) is 11.4 Å². The zero-order chi connectivity index (χ0) is 19.1. The number of carbonyl (C=O) groups excluding carboxylic acids is 2. The summed E-state index contributed by atoms with van der Waals surface area (Å²) in [5.74, 6) is -0.0234. The van der Waals surface area contributed by atoms with Crippen molar-refractivity contribution in [2.45, 2.75) is 26.2 Å². The molecule has 0 aliphatic carbocycles. The summed E-state index contributed by atoms with van der Waals surface area (Å²) in [5, 5.41) is 3.01. The molecule has 3 rings (SSSR count). The highest BCUT2D eigenvalue weighted by Crippen LogP contribution is 2.25. The minimum atomic E-state index is -0.118. The summed E-state index contributed by atoms with van der Waals surface area (Å²) < 4.78 is 0. The van der Waals surface area contributed by atoms with E-state index in [4.69, 9.17) is 0 Å². The third-order valence-electron chi connectivity index (χ3n) is 4.91. The Morgan fingerprint density at radius 1 is 1.11 bits per heavy atom. The lowest BCUT2D eigenvalue weighted by Gasteiger charge is -2.23. The van der Waals surface area contributed by atoms with Crippen molar-refractivity contribution in [3.63, 3.8) is 0 Å². The smallest absolute Gasteiger partial charge is 0.253 e. The van der Waals surface area contributed by atoms with Gasteiger partial charge in [0.2, 0.25) is 5.91 Å². The number of para-hydroxylation sites is 2. The molecular formula is C22H27N3O2. The normalized spacial score (nSPS) is 13.7. The summed E-state index contributed by atoms with van der Waals surface area (Å²) in [6.45, 7) is 5.23. The van der Waals surface area contributed by atoms with Gasteiger partial charge in [-0.1, -0.05) is 30.3 Å². The molecule has 5 heteroatoms. The number of nitrogens with one attached hydrogen (secondary N) is 1. The van der Waals surface area contributed by atoms with Gasteiger partial charge in [0.05, 0.1) is 11.3 Å². The molecule has 0 aromatic heterocycles. The van der Waals surface area contributed by atoms with Crippen LogP contribution in [0, 0.1) is 0 Å². The van der Waals surface area contributed by atoms with Gasteiger partial charge in [0, 0.05) is 38.3 Å². The maximum Gasteiger partial charge on any atom is 0.253 e. The number of hydrogen-bond acceptors (Lipinski definition) is 3. The Kier molecular flexibility index (Phi) is 6.47. The molecule has 1 aliphatic rings. The first-order chi connectivity index (χ1) is 13.2. The molecule has 5 nitrogen and oxygen atoms in total. The predicted octanol–water partition coefficient (Wildman–Crippen LogP) is 3.46. The van der Waals surface area contributed by atoms with Crippen LogP contribution in [0.3, 0.4) is 0 Å². The fraction of sp³-hybridized carbons (Fsp3) is 0.364. The first-order valence-electron chi connectivity index (χ1n) is 9.68. The monoisotopic (exact) mass is 365 g/mol. The molecule has 0 atom stereocenters. The maximum absolute atomic E-state index is 12.7. The minimum Gasteiger partial charge on any atom is -0.372 e. The molecule has 142 valence electrons. The van der Waals surface area contributed by atoms with Gasteiger partial charge in [-0.05, 0) is 44.0 Å². The lowest BCUT2D eigenvalue weighted by atomic mass is 10.1. The van der Waals surface area contributed by atoms with Crippen molar-refractivity contribution >= 4 is 23.2 Å².